The van der Waals surface area contributed by atoms with Crippen molar-refractivity contribution in [2.75, 3.05) is 7.05 Å². The summed E-state index contributed by atoms with van der Waals surface area (Å²) >= 11 is 0. The van der Waals surface area contributed by atoms with Gasteiger partial charge in [0.05, 0.1) is 5.69 Å². The number of nitrogens with one attached hydrogen (secondary N) is 1. The average molecular weight is 265 g/mol. The molecule has 0 aliphatic carbocycles. The number of likely N-dealkylation sites (N-methyl/N-ethyl adjacent to an activating group) is 1. The van der Waals surface area contributed by atoms with Crippen molar-refractivity contribution in [1.29, 1.82) is 0 Å². The second-order valence-electron chi connectivity index (χ2n) is 4.61. The first kappa shape index (κ1) is 13.7. The number of aryl methyl sites for hydroxylation is 2. The van der Waals surface area contributed by atoms with E-state index < -0.39 is 11.6 Å². The molecule has 3 nitrogen and oxygen atoms in total. The fourth-order valence-corrected chi connectivity index (χ4v) is 2.22. The zero-order valence-electron chi connectivity index (χ0n) is 11.2. The molecule has 0 saturated heterocycles. The van der Waals surface area contributed by atoms with Gasteiger partial charge < -0.3 is 5.32 Å². The minimum Gasteiger partial charge on any atom is -0.313 e. The molecule has 1 unspecified atom stereocenters. The van der Waals surface area contributed by atoms with Crippen molar-refractivity contribution >= 4 is 0 Å². The van der Waals surface area contributed by atoms with E-state index in [1.165, 1.54) is 12.1 Å². The minimum absolute atomic E-state index is 0.213. The van der Waals surface area contributed by atoms with Gasteiger partial charge in [0.2, 0.25) is 0 Å². The summed E-state index contributed by atoms with van der Waals surface area (Å²) in [6.45, 7) is 1.91. The zero-order chi connectivity index (χ0) is 14.0. The van der Waals surface area contributed by atoms with Crippen molar-refractivity contribution in [1.82, 2.24) is 15.1 Å². The predicted molar refractivity (Wildman–Crippen MR) is 69.8 cm³/mol. The van der Waals surface area contributed by atoms with Gasteiger partial charge in [-0.15, -0.1) is 0 Å². The molecule has 0 radical (unpaired) electrons. The molecular formula is C14H17F2N3. The van der Waals surface area contributed by atoms with Gasteiger partial charge in [-0.25, -0.2) is 8.78 Å². The van der Waals surface area contributed by atoms with Gasteiger partial charge in [-0.3, -0.25) is 4.68 Å². The largest absolute Gasteiger partial charge is 0.313 e. The first-order chi connectivity index (χ1) is 9.01. The van der Waals surface area contributed by atoms with E-state index in [2.05, 4.69) is 10.4 Å². The Kier molecular flexibility index (Phi) is 3.95. The highest BCUT2D eigenvalue weighted by molar-refractivity contribution is 5.24. The molecule has 0 amide bonds. The Labute approximate surface area is 111 Å². The molecule has 19 heavy (non-hydrogen) atoms. The first-order valence-electron chi connectivity index (χ1n) is 6.13. The first-order valence-corrected chi connectivity index (χ1v) is 6.13. The number of hydrogen-bond acceptors (Lipinski definition) is 2. The second-order valence-corrected chi connectivity index (χ2v) is 4.61. The summed E-state index contributed by atoms with van der Waals surface area (Å²) < 4.78 is 28.5. The zero-order valence-corrected chi connectivity index (χ0v) is 11.2. The van der Waals surface area contributed by atoms with Crippen LogP contribution in [0.1, 0.15) is 23.0 Å². The number of rotatable bonds is 4. The molecule has 0 saturated carbocycles. The highest BCUT2D eigenvalue weighted by Gasteiger charge is 2.17. The number of nitrogens with zero attached hydrogens (tertiary/aromatic N) is 2. The molecule has 0 spiro atoms. The van der Waals surface area contributed by atoms with Gasteiger partial charge in [0, 0.05) is 36.8 Å². The summed E-state index contributed by atoms with van der Waals surface area (Å²) in [5.41, 5.74) is 2.38. The molecule has 5 heteroatoms. The van der Waals surface area contributed by atoms with Crippen molar-refractivity contribution in [3.05, 3.63) is 52.9 Å². The van der Waals surface area contributed by atoms with Gasteiger partial charge in [-0.1, -0.05) is 6.07 Å². The van der Waals surface area contributed by atoms with Crippen LogP contribution in [-0.2, 0) is 13.5 Å². The smallest absolute Gasteiger partial charge is 0.130 e. The van der Waals surface area contributed by atoms with Gasteiger partial charge in [-0.05, 0) is 26.1 Å². The molecule has 2 aromatic rings. The third-order valence-electron chi connectivity index (χ3n) is 3.20. The van der Waals surface area contributed by atoms with E-state index in [0.717, 1.165) is 17.5 Å². The maximum atomic E-state index is 13.8. The van der Waals surface area contributed by atoms with E-state index in [1.54, 1.807) is 11.7 Å². The fourth-order valence-electron chi connectivity index (χ4n) is 2.22. The summed E-state index contributed by atoms with van der Waals surface area (Å²) in [5.74, 6) is -1.09. The van der Waals surface area contributed by atoms with Crippen LogP contribution in [0.15, 0.2) is 24.3 Å². The lowest BCUT2D eigenvalue weighted by Gasteiger charge is -2.17. The van der Waals surface area contributed by atoms with Crippen LogP contribution in [0.2, 0.25) is 0 Å². The van der Waals surface area contributed by atoms with Crippen molar-refractivity contribution < 1.29 is 8.78 Å². The number of aromatic nitrogens is 2. The molecule has 0 fully saturated rings. The summed E-state index contributed by atoms with van der Waals surface area (Å²) in [6.07, 6.45) is 0.594. The maximum Gasteiger partial charge on any atom is 0.130 e. The lowest BCUT2D eigenvalue weighted by Crippen LogP contribution is -2.21. The van der Waals surface area contributed by atoms with Crippen LogP contribution in [-0.4, -0.2) is 16.8 Å². The lowest BCUT2D eigenvalue weighted by molar-refractivity contribution is 0.510. The van der Waals surface area contributed by atoms with E-state index in [-0.39, 0.29) is 6.04 Å². The van der Waals surface area contributed by atoms with Crippen molar-refractivity contribution in [2.45, 2.75) is 19.4 Å². The van der Waals surface area contributed by atoms with E-state index in [9.17, 15) is 8.78 Å². The summed E-state index contributed by atoms with van der Waals surface area (Å²) in [5, 5.41) is 7.32. The summed E-state index contributed by atoms with van der Waals surface area (Å²) in [4.78, 5) is 0. The molecule has 0 aliphatic rings. The highest BCUT2D eigenvalue weighted by Crippen LogP contribution is 2.22. The van der Waals surface area contributed by atoms with Crippen molar-refractivity contribution in [3.8, 4) is 0 Å². The van der Waals surface area contributed by atoms with Gasteiger partial charge in [0.25, 0.3) is 0 Å². The standard InChI is InChI=1S/C14H17F2N3/c1-9-6-11(19(3)18-9)8-14(17-2)12-5-4-10(15)7-13(12)16/h4-7,14,17H,8H2,1-3H3. The molecule has 1 aromatic carbocycles. The van der Waals surface area contributed by atoms with Gasteiger partial charge in [0.1, 0.15) is 11.6 Å². The third-order valence-corrected chi connectivity index (χ3v) is 3.20. The average Bonchev–Trinajstić information content (AvgIpc) is 2.65. The van der Waals surface area contributed by atoms with E-state index in [4.69, 9.17) is 0 Å². The van der Waals surface area contributed by atoms with Crippen LogP contribution in [0.3, 0.4) is 0 Å². The van der Waals surface area contributed by atoms with Gasteiger partial charge >= 0.3 is 0 Å². The van der Waals surface area contributed by atoms with Crippen LogP contribution in [0.4, 0.5) is 8.78 Å². The van der Waals surface area contributed by atoms with Crippen molar-refractivity contribution in [3.63, 3.8) is 0 Å². The maximum absolute atomic E-state index is 13.8. The molecule has 1 N–H and O–H groups in total. The Morgan fingerprint density at radius 2 is 2.05 bits per heavy atom. The molecule has 1 heterocycles. The minimum atomic E-state index is -0.563. The van der Waals surface area contributed by atoms with E-state index in [0.29, 0.717) is 12.0 Å². The van der Waals surface area contributed by atoms with Gasteiger partial charge in [0.15, 0.2) is 0 Å². The fraction of sp³-hybridized carbons (Fsp3) is 0.357. The molecule has 0 aliphatic heterocycles. The predicted octanol–water partition coefficient (Wildman–Crippen LogP) is 2.51. The Balaban J connectivity index is 2.27. The number of halogens is 2. The Hall–Kier alpha value is -1.75. The molecular weight excluding hydrogens is 248 g/mol. The molecule has 2 rings (SSSR count). The van der Waals surface area contributed by atoms with Crippen LogP contribution < -0.4 is 5.32 Å². The molecule has 102 valence electrons. The van der Waals surface area contributed by atoms with Crippen LogP contribution >= 0.6 is 0 Å². The molecule has 1 aromatic heterocycles. The topological polar surface area (TPSA) is 29.9 Å². The van der Waals surface area contributed by atoms with Crippen LogP contribution in [0.25, 0.3) is 0 Å². The monoisotopic (exact) mass is 265 g/mol. The lowest BCUT2D eigenvalue weighted by atomic mass is 10.0. The quantitative estimate of drug-likeness (QED) is 0.920. The van der Waals surface area contributed by atoms with Gasteiger partial charge in [-0.2, -0.15) is 5.10 Å². The molecule has 0 bridgehead atoms. The molecule has 1 atom stereocenters. The highest BCUT2D eigenvalue weighted by atomic mass is 19.1. The van der Waals surface area contributed by atoms with E-state index >= 15 is 0 Å². The SMILES string of the molecule is CNC(Cc1cc(C)nn1C)c1ccc(F)cc1F. The third kappa shape index (κ3) is 2.98. The second kappa shape index (κ2) is 5.48. The van der Waals surface area contributed by atoms with E-state index in [1.807, 2.05) is 20.0 Å². The number of hydrogen-bond donors (Lipinski definition) is 1. The van der Waals surface area contributed by atoms with Crippen LogP contribution in [0, 0.1) is 18.6 Å². The van der Waals surface area contributed by atoms with Crippen molar-refractivity contribution in [2.24, 2.45) is 7.05 Å². The normalized spacial score (nSPS) is 12.7. The Morgan fingerprint density at radius 1 is 1.32 bits per heavy atom. The Bertz CT molecular complexity index is 578. The van der Waals surface area contributed by atoms with Crippen LogP contribution in [0.5, 0.6) is 0 Å². The number of benzene rings is 1. The summed E-state index contributed by atoms with van der Waals surface area (Å²) in [6, 6.07) is 5.42. The summed E-state index contributed by atoms with van der Waals surface area (Å²) in [7, 11) is 3.62. The Morgan fingerprint density at radius 3 is 2.58 bits per heavy atom.